The van der Waals surface area contributed by atoms with Gasteiger partial charge in [0.25, 0.3) is 0 Å². The molecule has 0 saturated carbocycles. The number of hydrogen-bond donors (Lipinski definition) is 0. The molecule has 0 N–H and O–H groups in total. The predicted octanol–water partition coefficient (Wildman–Crippen LogP) is 2.13. The summed E-state index contributed by atoms with van der Waals surface area (Å²) in [6, 6.07) is 8.77. The van der Waals surface area contributed by atoms with Crippen LogP contribution in [0.3, 0.4) is 0 Å². The Morgan fingerprint density at radius 3 is 2.38 bits per heavy atom. The molecule has 66 valence electrons. The molecule has 3 heteroatoms. The third-order valence-corrected chi connectivity index (χ3v) is 1.20. The van der Waals surface area contributed by atoms with Gasteiger partial charge in [0.05, 0.1) is 11.8 Å². The number of carbonyl (C=O) groups is 1. The summed E-state index contributed by atoms with van der Waals surface area (Å²) < 4.78 is 4.55. The second-order valence-electron chi connectivity index (χ2n) is 1.94. The fraction of sp³-hybridized carbons (Fsp3) is 0. The van der Waals surface area contributed by atoms with Crippen LogP contribution in [-0.2, 0) is 4.74 Å². The van der Waals surface area contributed by atoms with Crippen LogP contribution in [0.5, 0.6) is 0 Å². The third kappa shape index (κ3) is 3.73. The van der Waals surface area contributed by atoms with Gasteiger partial charge in [-0.15, -0.1) is 0 Å². The SMILES string of the molecule is C#N.C=COC(=O)c1ccccc1. The van der Waals surface area contributed by atoms with E-state index in [2.05, 4.69) is 17.9 Å². The van der Waals surface area contributed by atoms with Gasteiger partial charge >= 0.3 is 5.97 Å². The van der Waals surface area contributed by atoms with Crippen molar-refractivity contribution in [1.82, 2.24) is 0 Å². The summed E-state index contributed by atoms with van der Waals surface area (Å²) in [6.07, 6.45) is 1.12. The van der Waals surface area contributed by atoms with Crippen molar-refractivity contribution in [3.8, 4) is 6.57 Å². The smallest absolute Gasteiger partial charge is 0.342 e. The molecule has 0 heterocycles. The number of hydrogen-bond acceptors (Lipinski definition) is 3. The molecule has 0 aromatic heterocycles. The van der Waals surface area contributed by atoms with Crippen LogP contribution in [0.1, 0.15) is 10.4 Å². The number of esters is 1. The summed E-state index contributed by atoms with van der Waals surface area (Å²) in [5.74, 6) is -0.374. The minimum atomic E-state index is -0.374. The number of nitriles is 1. The Bertz CT molecular complexity index is 290. The molecule has 0 aliphatic carbocycles. The average Bonchev–Trinajstić information content (AvgIpc) is 2.23. The summed E-state index contributed by atoms with van der Waals surface area (Å²) >= 11 is 0. The van der Waals surface area contributed by atoms with Crippen LogP contribution in [0.15, 0.2) is 43.2 Å². The first kappa shape index (κ1) is 10.9. The van der Waals surface area contributed by atoms with Crippen LogP contribution in [0.4, 0.5) is 0 Å². The van der Waals surface area contributed by atoms with Crippen molar-refractivity contribution < 1.29 is 9.53 Å². The van der Waals surface area contributed by atoms with E-state index in [0.717, 1.165) is 6.26 Å². The molecule has 0 aliphatic heterocycles. The van der Waals surface area contributed by atoms with Gasteiger partial charge in [0.2, 0.25) is 0 Å². The highest BCUT2D eigenvalue weighted by molar-refractivity contribution is 5.89. The molecule has 1 aromatic rings. The van der Waals surface area contributed by atoms with Crippen LogP contribution in [-0.4, -0.2) is 5.97 Å². The molecule has 0 saturated heterocycles. The molecule has 0 atom stereocenters. The summed E-state index contributed by atoms with van der Waals surface area (Å²) in [6.45, 7) is 6.78. The third-order valence-electron chi connectivity index (χ3n) is 1.20. The predicted molar refractivity (Wildman–Crippen MR) is 48.7 cm³/mol. The molecular formula is C10H9NO2. The van der Waals surface area contributed by atoms with Crippen molar-refractivity contribution in [2.45, 2.75) is 0 Å². The lowest BCUT2D eigenvalue weighted by Gasteiger charge is -1.96. The second-order valence-corrected chi connectivity index (χ2v) is 1.94. The van der Waals surface area contributed by atoms with E-state index in [0.29, 0.717) is 5.56 Å². The summed E-state index contributed by atoms with van der Waals surface area (Å²) in [7, 11) is 0. The van der Waals surface area contributed by atoms with E-state index in [1.54, 1.807) is 24.3 Å². The van der Waals surface area contributed by atoms with E-state index in [1.807, 2.05) is 6.07 Å². The highest BCUT2D eigenvalue weighted by atomic mass is 16.5. The van der Waals surface area contributed by atoms with Gasteiger partial charge < -0.3 is 4.74 Å². The second kappa shape index (κ2) is 6.62. The number of ether oxygens (including phenoxy) is 1. The van der Waals surface area contributed by atoms with E-state index < -0.39 is 0 Å². The number of carbonyl (C=O) groups excluding carboxylic acids is 1. The molecule has 0 spiro atoms. The van der Waals surface area contributed by atoms with Gasteiger partial charge in [-0.05, 0) is 12.1 Å². The summed E-state index contributed by atoms with van der Waals surface area (Å²) in [5, 5.41) is 6.50. The minimum Gasteiger partial charge on any atom is -0.432 e. The van der Waals surface area contributed by atoms with Crippen LogP contribution in [0.2, 0.25) is 0 Å². The zero-order valence-electron chi connectivity index (χ0n) is 7.01. The number of rotatable bonds is 2. The van der Waals surface area contributed by atoms with Gasteiger partial charge in [-0.2, -0.15) is 0 Å². The van der Waals surface area contributed by atoms with Crippen LogP contribution < -0.4 is 0 Å². The zero-order chi connectivity index (χ0) is 10.1. The summed E-state index contributed by atoms with van der Waals surface area (Å²) in [4.78, 5) is 11.0. The fourth-order valence-electron chi connectivity index (χ4n) is 0.718. The Balaban J connectivity index is 0.000000671. The largest absolute Gasteiger partial charge is 0.432 e. The normalized spacial score (nSPS) is 7.54. The molecule has 0 aliphatic rings. The Kier molecular flexibility index (Phi) is 5.56. The fourth-order valence-corrected chi connectivity index (χ4v) is 0.718. The van der Waals surface area contributed by atoms with E-state index in [1.165, 1.54) is 0 Å². The van der Waals surface area contributed by atoms with Crippen molar-refractivity contribution in [2.24, 2.45) is 0 Å². The standard InChI is InChI=1S/C9H8O2.CHN/c1-2-11-9(10)8-6-4-3-5-7-8;1-2/h2-7H,1H2;1H. The van der Waals surface area contributed by atoms with Gasteiger partial charge in [0.15, 0.2) is 0 Å². The first-order chi connectivity index (χ1) is 6.34. The lowest BCUT2D eigenvalue weighted by molar-refractivity contribution is 0.0664. The molecule has 1 aromatic carbocycles. The van der Waals surface area contributed by atoms with Crippen LogP contribution >= 0.6 is 0 Å². The molecule has 0 unspecified atom stereocenters. The van der Waals surface area contributed by atoms with Gasteiger partial charge in [0.1, 0.15) is 0 Å². The highest BCUT2D eigenvalue weighted by Gasteiger charge is 2.01. The van der Waals surface area contributed by atoms with Crippen molar-refractivity contribution in [1.29, 1.82) is 5.26 Å². The molecule has 0 bridgehead atoms. The van der Waals surface area contributed by atoms with E-state index in [-0.39, 0.29) is 5.97 Å². The van der Waals surface area contributed by atoms with Crippen LogP contribution in [0, 0.1) is 11.8 Å². The van der Waals surface area contributed by atoms with Gasteiger partial charge in [-0.3, -0.25) is 0 Å². The zero-order valence-corrected chi connectivity index (χ0v) is 7.01. The van der Waals surface area contributed by atoms with Crippen molar-refractivity contribution >= 4 is 5.97 Å². The Morgan fingerprint density at radius 1 is 1.38 bits per heavy atom. The Morgan fingerprint density at radius 2 is 1.92 bits per heavy atom. The number of benzene rings is 1. The first-order valence-electron chi connectivity index (χ1n) is 3.47. The lowest BCUT2D eigenvalue weighted by Crippen LogP contribution is -1.98. The molecule has 1 rings (SSSR count). The average molecular weight is 175 g/mol. The van der Waals surface area contributed by atoms with Crippen LogP contribution in [0.25, 0.3) is 0 Å². The van der Waals surface area contributed by atoms with E-state index in [4.69, 9.17) is 5.26 Å². The first-order valence-corrected chi connectivity index (χ1v) is 3.47. The summed E-state index contributed by atoms with van der Waals surface area (Å²) in [5.41, 5.74) is 0.535. The van der Waals surface area contributed by atoms with Crippen molar-refractivity contribution in [3.05, 3.63) is 48.7 Å². The Hall–Kier alpha value is -2.08. The molecule has 0 fully saturated rings. The maximum Gasteiger partial charge on any atom is 0.342 e. The van der Waals surface area contributed by atoms with E-state index in [9.17, 15) is 4.79 Å². The quantitative estimate of drug-likeness (QED) is 0.511. The van der Waals surface area contributed by atoms with Gasteiger partial charge in [0, 0.05) is 6.57 Å². The monoisotopic (exact) mass is 175 g/mol. The molecule has 13 heavy (non-hydrogen) atoms. The maximum absolute atomic E-state index is 11.0. The maximum atomic E-state index is 11.0. The highest BCUT2D eigenvalue weighted by Crippen LogP contribution is 2.00. The minimum absolute atomic E-state index is 0.374. The molecule has 3 nitrogen and oxygen atoms in total. The molecule has 0 radical (unpaired) electrons. The topological polar surface area (TPSA) is 50.1 Å². The molecule has 0 amide bonds. The molecular weight excluding hydrogens is 166 g/mol. The van der Waals surface area contributed by atoms with Gasteiger partial charge in [-0.25, -0.2) is 10.1 Å². The van der Waals surface area contributed by atoms with Gasteiger partial charge in [-0.1, -0.05) is 24.8 Å². The Labute approximate surface area is 76.9 Å². The number of nitrogens with zero attached hydrogens (tertiary/aromatic N) is 1. The van der Waals surface area contributed by atoms with Crippen molar-refractivity contribution in [2.75, 3.05) is 0 Å². The lowest BCUT2D eigenvalue weighted by atomic mass is 10.2. The van der Waals surface area contributed by atoms with E-state index >= 15 is 0 Å². The van der Waals surface area contributed by atoms with Crippen molar-refractivity contribution in [3.63, 3.8) is 0 Å².